The summed E-state index contributed by atoms with van der Waals surface area (Å²) in [6.45, 7) is 0.508. The van der Waals surface area contributed by atoms with Crippen LogP contribution in [0.2, 0.25) is 0 Å². The van der Waals surface area contributed by atoms with Crippen LogP contribution in [0, 0.1) is 0 Å². The van der Waals surface area contributed by atoms with Crippen LogP contribution in [0.5, 0.6) is 5.75 Å². The molecule has 3 aromatic rings. The van der Waals surface area contributed by atoms with Crippen LogP contribution in [0.1, 0.15) is 5.56 Å². The highest BCUT2D eigenvalue weighted by Gasteiger charge is 2.05. The van der Waals surface area contributed by atoms with E-state index in [9.17, 15) is 0 Å². The molecule has 1 heterocycles. The molecule has 0 unspecified atom stereocenters. The molecule has 0 aliphatic rings. The minimum atomic E-state index is 0.471. The molecule has 0 fully saturated rings. The van der Waals surface area contributed by atoms with E-state index in [1.54, 1.807) is 13.2 Å². The first-order chi connectivity index (χ1) is 10.3. The predicted molar refractivity (Wildman–Crippen MR) is 82.1 cm³/mol. The van der Waals surface area contributed by atoms with Crippen LogP contribution >= 0.6 is 0 Å². The lowest BCUT2D eigenvalue weighted by molar-refractivity contribution is 0.410. The van der Waals surface area contributed by atoms with E-state index in [0.29, 0.717) is 18.2 Å². The molecule has 0 spiro atoms. The maximum absolute atomic E-state index is 5.80. The highest BCUT2D eigenvalue weighted by Crippen LogP contribution is 2.21. The third-order valence-corrected chi connectivity index (χ3v) is 3.10. The number of nitrogen functional groups attached to an aromatic ring is 1. The number of para-hydroxylation sites is 1. The number of aromatic nitrogens is 3. The van der Waals surface area contributed by atoms with Gasteiger partial charge in [0, 0.05) is 17.8 Å². The number of benzene rings is 2. The van der Waals surface area contributed by atoms with Crippen LogP contribution in [0.25, 0.3) is 11.0 Å². The Morgan fingerprint density at radius 1 is 1.10 bits per heavy atom. The molecule has 106 valence electrons. The highest BCUT2D eigenvalue weighted by atomic mass is 16.5. The molecule has 3 rings (SSSR count). The van der Waals surface area contributed by atoms with Gasteiger partial charge in [-0.15, -0.1) is 10.2 Å². The SMILES string of the molecule is COc1ccc(N)cc1CNc1nnc2ccccc2n1. The Hall–Kier alpha value is -2.89. The Labute approximate surface area is 122 Å². The zero-order valence-electron chi connectivity index (χ0n) is 11.6. The van der Waals surface area contributed by atoms with Crippen molar-refractivity contribution in [1.29, 1.82) is 0 Å². The van der Waals surface area contributed by atoms with E-state index in [4.69, 9.17) is 10.5 Å². The molecule has 0 radical (unpaired) electrons. The number of hydrogen-bond donors (Lipinski definition) is 2. The van der Waals surface area contributed by atoms with Gasteiger partial charge in [-0.3, -0.25) is 0 Å². The van der Waals surface area contributed by atoms with Crippen molar-refractivity contribution in [3.8, 4) is 5.75 Å². The smallest absolute Gasteiger partial charge is 0.243 e. The summed E-state index contributed by atoms with van der Waals surface area (Å²) in [5.74, 6) is 1.24. The van der Waals surface area contributed by atoms with Crippen molar-refractivity contribution in [3.63, 3.8) is 0 Å². The minimum absolute atomic E-state index is 0.471. The first-order valence-electron chi connectivity index (χ1n) is 6.52. The van der Waals surface area contributed by atoms with Crippen LogP contribution in [0.3, 0.4) is 0 Å². The normalized spacial score (nSPS) is 10.5. The van der Waals surface area contributed by atoms with Crippen molar-refractivity contribution in [2.75, 3.05) is 18.2 Å². The number of methoxy groups -OCH3 is 1. The molecule has 0 amide bonds. The number of nitrogens with two attached hydrogens (primary N) is 1. The Bertz CT molecular complexity index is 775. The molecule has 0 aliphatic heterocycles. The van der Waals surface area contributed by atoms with Crippen molar-refractivity contribution >= 4 is 22.7 Å². The van der Waals surface area contributed by atoms with Gasteiger partial charge in [0.2, 0.25) is 5.95 Å². The third-order valence-electron chi connectivity index (χ3n) is 3.10. The van der Waals surface area contributed by atoms with Crippen molar-refractivity contribution in [2.24, 2.45) is 0 Å². The monoisotopic (exact) mass is 281 g/mol. The van der Waals surface area contributed by atoms with Crippen LogP contribution in [0.15, 0.2) is 42.5 Å². The minimum Gasteiger partial charge on any atom is -0.496 e. The second kappa shape index (κ2) is 5.62. The van der Waals surface area contributed by atoms with Gasteiger partial charge >= 0.3 is 0 Å². The lowest BCUT2D eigenvalue weighted by atomic mass is 10.2. The van der Waals surface area contributed by atoms with Crippen LogP contribution in [-0.4, -0.2) is 22.3 Å². The van der Waals surface area contributed by atoms with Crippen LogP contribution in [-0.2, 0) is 6.54 Å². The van der Waals surface area contributed by atoms with Gasteiger partial charge in [-0.1, -0.05) is 12.1 Å². The lowest BCUT2D eigenvalue weighted by Crippen LogP contribution is -2.06. The fourth-order valence-corrected chi connectivity index (χ4v) is 2.07. The molecule has 21 heavy (non-hydrogen) atoms. The van der Waals surface area contributed by atoms with E-state index in [-0.39, 0.29) is 0 Å². The van der Waals surface area contributed by atoms with Gasteiger partial charge in [0.25, 0.3) is 0 Å². The highest BCUT2D eigenvalue weighted by molar-refractivity contribution is 5.74. The van der Waals surface area contributed by atoms with E-state index < -0.39 is 0 Å². The third kappa shape index (κ3) is 2.84. The molecule has 0 saturated carbocycles. The summed E-state index contributed by atoms with van der Waals surface area (Å²) in [4.78, 5) is 4.41. The average Bonchev–Trinajstić information content (AvgIpc) is 2.53. The van der Waals surface area contributed by atoms with Crippen molar-refractivity contribution in [2.45, 2.75) is 6.54 Å². The second-order valence-electron chi connectivity index (χ2n) is 4.55. The van der Waals surface area contributed by atoms with Gasteiger partial charge in [0.15, 0.2) is 0 Å². The van der Waals surface area contributed by atoms with Crippen LogP contribution < -0.4 is 15.8 Å². The summed E-state index contributed by atoms with van der Waals surface area (Å²) < 4.78 is 5.31. The number of nitrogens with zero attached hydrogens (tertiary/aromatic N) is 3. The van der Waals surface area contributed by atoms with Crippen LogP contribution in [0.4, 0.5) is 11.6 Å². The average molecular weight is 281 g/mol. The quantitative estimate of drug-likeness (QED) is 0.713. The Balaban J connectivity index is 1.81. The van der Waals surface area contributed by atoms with Gasteiger partial charge in [-0.05, 0) is 30.3 Å². The van der Waals surface area contributed by atoms with Gasteiger partial charge in [0.05, 0.1) is 12.6 Å². The summed E-state index contributed by atoms with van der Waals surface area (Å²) >= 11 is 0. The molecule has 6 nitrogen and oxygen atoms in total. The Kier molecular flexibility index (Phi) is 3.51. The summed E-state index contributed by atoms with van der Waals surface area (Å²) in [7, 11) is 1.63. The number of nitrogens with one attached hydrogen (secondary N) is 1. The molecule has 0 aliphatic carbocycles. The standard InChI is InChI=1S/C15H15N5O/c1-21-14-7-6-11(16)8-10(14)9-17-15-18-12-4-2-3-5-13(12)19-20-15/h2-8H,9,16H2,1H3,(H,17,18,20). The number of rotatable bonds is 4. The maximum atomic E-state index is 5.80. The van der Waals surface area contributed by atoms with Crippen molar-refractivity contribution < 1.29 is 4.74 Å². The van der Waals surface area contributed by atoms with Gasteiger partial charge < -0.3 is 15.8 Å². The molecule has 3 N–H and O–H groups in total. The summed E-state index contributed by atoms with van der Waals surface area (Å²) in [6.07, 6.45) is 0. The number of anilines is 2. The van der Waals surface area contributed by atoms with Gasteiger partial charge in [-0.25, -0.2) is 4.98 Å². The molecule has 0 atom stereocenters. The van der Waals surface area contributed by atoms with Crippen molar-refractivity contribution in [1.82, 2.24) is 15.2 Å². The number of fused-ring (bicyclic) bond motifs is 1. The Morgan fingerprint density at radius 3 is 2.71 bits per heavy atom. The Morgan fingerprint density at radius 2 is 1.90 bits per heavy atom. The fraction of sp³-hybridized carbons (Fsp3) is 0.133. The summed E-state index contributed by atoms with van der Waals surface area (Å²) in [5, 5.41) is 11.3. The predicted octanol–water partition coefficient (Wildman–Crippen LogP) is 2.23. The second-order valence-corrected chi connectivity index (χ2v) is 4.55. The molecule has 6 heteroatoms. The van der Waals surface area contributed by atoms with Crippen molar-refractivity contribution in [3.05, 3.63) is 48.0 Å². The number of hydrogen-bond acceptors (Lipinski definition) is 6. The summed E-state index contributed by atoms with van der Waals surface area (Å²) in [5.41, 5.74) is 8.99. The first kappa shape index (κ1) is 13.1. The maximum Gasteiger partial charge on any atom is 0.243 e. The molecule has 2 aromatic carbocycles. The van der Waals surface area contributed by atoms with Gasteiger partial charge in [0.1, 0.15) is 11.3 Å². The number of ether oxygens (including phenoxy) is 1. The van der Waals surface area contributed by atoms with E-state index in [0.717, 1.165) is 22.3 Å². The van der Waals surface area contributed by atoms with Gasteiger partial charge in [-0.2, -0.15) is 0 Å². The zero-order valence-corrected chi connectivity index (χ0v) is 11.6. The van der Waals surface area contributed by atoms with E-state index in [1.807, 2.05) is 36.4 Å². The molecule has 1 aromatic heterocycles. The van der Waals surface area contributed by atoms with E-state index in [1.165, 1.54) is 0 Å². The van der Waals surface area contributed by atoms with E-state index in [2.05, 4.69) is 20.5 Å². The summed E-state index contributed by atoms with van der Waals surface area (Å²) in [6, 6.07) is 13.1. The zero-order chi connectivity index (χ0) is 14.7. The largest absolute Gasteiger partial charge is 0.496 e. The molecular weight excluding hydrogens is 266 g/mol. The van der Waals surface area contributed by atoms with E-state index >= 15 is 0 Å². The molecule has 0 saturated heterocycles. The topological polar surface area (TPSA) is 86.0 Å². The first-order valence-corrected chi connectivity index (χ1v) is 6.52. The molecular formula is C15H15N5O. The lowest BCUT2D eigenvalue weighted by Gasteiger charge is -2.10. The fourth-order valence-electron chi connectivity index (χ4n) is 2.07. The molecule has 0 bridgehead atoms.